The first kappa shape index (κ1) is 12.1. The van der Waals surface area contributed by atoms with Gasteiger partial charge < -0.3 is 10.4 Å². The molecule has 92 valence electrons. The fourth-order valence-corrected chi connectivity index (χ4v) is 1.71. The molecule has 1 aromatic carbocycles. The molecule has 1 aromatic heterocycles. The molecule has 2 rings (SSSR count). The standard InChI is InChI=1S/C10H6FN3O3S/c11-5-2-1-3-6(8(5)10(16)17)13-9(15)7-4-12-14-18-7/h1-4H,(H,13,15)(H,16,17). The molecule has 0 aliphatic rings. The number of nitrogens with one attached hydrogen (secondary N) is 1. The zero-order chi connectivity index (χ0) is 13.1. The van der Waals surface area contributed by atoms with Gasteiger partial charge >= 0.3 is 5.97 Å². The number of benzene rings is 1. The van der Waals surface area contributed by atoms with E-state index in [2.05, 4.69) is 14.9 Å². The van der Waals surface area contributed by atoms with Crippen molar-refractivity contribution < 1.29 is 19.1 Å². The van der Waals surface area contributed by atoms with Gasteiger partial charge in [-0.05, 0) is 23.7 Å². The van der Waals surface area contributed by atoms with Crippen LogP contribution in [0.1, 0.15) is 20.0 Å². The van der Waals surface area contributed by atoms with Gasteiger partial charge in [-0.15, -0.1) is 5.10 Å². The van der Waals surface area contributed by atoms with E-state index in [1.807, 2.05) is 0 Å². The van der Waals surface area contributed by atoms with Crippen LogP contribution in [0.4, 0.5) is 10.1 Å². The van der Waals surface area contributed by atoms with Gasteiger partial charge in [-0.3, -0.25) is 4.79 Å². The van der Waals surface area contributed by atoms with Gasteiger partial charge in [0, 0.05) is 0 Å². The van der Waals surface area contributed by atoms with E-state index in [0.717, 1.165) is 17.6 Å². The second-order valence-corrected chi connectivity index (χ2v) is 3.99. The number of aromatic carboxylic acids is 1. The highest BCUT2D eigenvalue weighted by atomic mass is 32.1. The molecule has 1 amide bonds. The molecule has 2 N–H and O–H groups in total. The minimum absolute atomic E-state index is 0.110. The lowest BCUT2D eigenvalue weighted by molar-refractivity contribution is 0.0693. The SMILES string of the molecule is O=C(Nc1cccc(F)c1C(=O)O)c1cnns1. The van der Waals surface area contributed by atoms with Crippen LogP contribution in [0.3, 0.4) is 0 Å². The zero-order valence-electron chi connectivity index (χ0n) is 8.75. The summed E-state index contributed by atoms with van der Waals surface area (Å²) in [7, 11) is 0. The summed E-state index contributed by atoms with van der Waals surface area (Å²) < 4.78 is 16.8. The van der Waals surface area contributed by atoms with Crippen molar-refractivity contribution in [3.8, 4) is 0 Å². The molecule has 6 nitrogen and oxygen atoms in total. The number of carboxylic acid groups (broad SMARTS) is 1. The average molecular weight is 267 g/mol. The highest BCUT2D eigenvalue weighted by Gasteiger charge is 2.18. The first-order valence-corrected chi connectivity index (χ1v) is 5.47. The Morgan fingerprint density at radius 2 is 2.17 bits per heavy atom. The number of nitrogens with zero attached hydrogens (tertiary/aromatic N) is 2. The maximum absolute atomic E-state index is 13.3. The van der Waals surface area contributed by atoms with Crippen molar-refractivity contribution in [2.75, 3.05) is 5.32 Å². The van der Waals surface area contributed by atoms with Crippen molar-refractivity contribution in [3.05, 3.63) is 40.7 Å². The quantitative estimate of drug-likeness (QED) is 0.881. The minimum Gasteiger partial charge on any atom is -0.478 e. The molecular formula is C10H6FN3O3S. The lowest BCUT2D eigenvalue weighted by Crippen LogP contribution is -2.14. The van der Waals surface area contributed by atoms with Gasteiger partial charge in [0.25, 0.3) is 5.91 Å². The Kier molecular flexibility index (Phi) is 3.28. The fourth-order valence-electron chi connectivity index (χ4n) is 1.30. The highest BCUT2D eigenvalue weighted by Crippen LogP contribution is 2.20. The van der Waals surface area contributed by atoms with Gasteiger partial charge in [-0.2, -0.15) is 0 Å². The Hall–Kier alpha value is -2.35. The number of hydrogen-bond donors (Lipinski definition) is 2. The molecule has 1 heterocycles. The molecular weight excluding hydrogens is 261 g/mol. The van der Waals surface area contributed by atoms with Crippen LogP contribution >= 0.6 is 11.5 Å². The maximum atomic E-state index is 13.3. The first-order chi connectivity index (χ1) is 8.59. The van der Waals surface area contributed by atoms with Gasteiger partial charge in [0.1, 0.15) is 16.3 Å². The Balaban J connectivity index is 2.32. The number of anilines is 1. The molecule has 0 spiro atoms. The molecule has 18 heavy (non-hydrogen) atoms. The largest absolute Gasteiger partial charge is 0.478 e. The molecule has 0 bridgehead atoms. The lowest BCUT2D eigenvalue weighted by atomic mass is 10.1. The Morgan fingerprint density at radius 3 is 2.78 bits per heavy atom. The Bertz CT molecular complexity index is 600. The van der Waals surface area contributed by atoms with E-state index in [1.54, 1.807) is 0 Å². The van der Waals surface area contributed by atoms with Crippen LogP contribution in [0, 0.1) is 5.82 Å². The average Bonchev–Trinajstić information content (AvgIpc) is 2.81. The number of rotatable bonds is 3. The summed E-state index contributed by atoms with van der Waals surface area (Å²) in [6.45, 7) is 0. The van der Waals surface area contributed by atoms with E-state index >= 15 is 0 Å². The molecule has 8 heteroatoms. The summed E-state index contributed by atoms with van der Waals surface area (Å²) in [6.07, 6.45) is 1.24. The Morgan fingerprint density at radius 1 is 1.39 bits per heavy atom. The van der Waals surface area contributed by atoms with E-state index < -0.39 is 23.3 Å². The number of carbonyl (C=O) groups excluding carboxylic acids is 1. The van der Waals surface area contributed by atoms with Crippen LogP contribution in [0.25, 0.3) is 0 Å². The van der Waals surface area contributed by atoms with Crippen molar-refractivity contribution in [1.29, 1.82) is 0 Å². The van der Waals surface area contributed by atoms with Gasteiger partial charge in [0.05, 0.1) is 11.9 Å². The van der Waals surface area contributed by atoms with Gasteiger partial charge in [-0.1, -0.05) is 10.6 Å². The summed E-state index contributed by atoms with van der Waals surface area (Å²) in [6, 6.07) is 3.62. The number of carboxylic acids is 1. The van der Waals surface area contributed by atoms with Gasteiger partial charge in [0.2, 0.25) is 0 Å². The van der Waals surface area contributed by atoms with E-state index in [0.29, 0.717) is 0 Å². The minimum atomic E-state index is -1.45. The zero-order valence-corrected chi connectivity index (χ0v) is 9.57. The van der Waals surface area contributed by atoms with Crippen molar-refractivity contribution in [3.63, 3.8) is 0 Å². The van der Waals surface area contributed by atoms with Crippen LogP contribution in [-0.2, 0) is 0 Å². The third-order valence-electron chi connectivity index (χ3n) is 2.06. The summed E-state index contributed by atoms with van der Waals surface area (Å²) in [4.78, 5) is 22.8. The number of halogens is 1. The first-order valence-electron chi connectivity index (χ1n) is 4.70. The van der Waals surface area contributed by atoms with Crippen LogP contribution in [0.15, 0.2) is 24.4 Å². The topological polar surface area (TPSA) is 92.2 Å². The number of hydrogen-bond acceptors (Lipinski definition) is 5. The van der Waals surface area contributed by atoms with Crippen molar-refractivity contribution in [2.45, 2.75) is 0 Å². The van der Waals surface area contributed by atoms with Gasteiger partial charge in [0.15, 0.2) is 0 Å². The molecule has 0 radical (unpaired) electrons. The predicted octanol–water partition coefficient (Wildman–Crippen LogP) is 1.63. The summed E-state index contributed by atoms with van der Waals surface area (Å²) >= 11 is 0.854. The van der Waals surface area contributed by atoms with E-state index in [4.69, 9.17) is 5.11 Å². The summed E-state index contributed by atoms with van der Waals surface area (Å²) in [5.41, 5.74) is -0.691. The number of amides is 1. The molecule has 2 aromatic rings. The number of aromatic nitrogens is 2. The smallest absolute Gasteiger partial charge is 0.340 e. The molecule has 0 fully saturated rings. The fraction of sp³-hybridized carbons (Fsp3) is 0. The maximum Gasteiger partial charge on any atom is 0.340 e. The van der Waals surface area contributed by atoms with Crippen LogP contribution in [0.2, 0.25) is 0 Å². The molecule has 0 aliphatic heterocycles. The monoisotopic (exact) mass is 267 g/mol. The van der Waals surface area contributed by atoms with Crippen molar-refractivity contribution in [2.24, 2.45) is 0 Å². The molecule has 0 saturated heterocycles. The predicted molar refractivity (Wildman–Crippen MR) is 61.2 cm³/mol. The summed E-state index contributed by atoms with van der Waals surface area (Å²) in [5.74, 6) is -2.95. The van der Waals surface area contributed by atoms with E-state index in [9.17, 15) is 14.0 Å². The van der Waals surface area contributed by atoms with E-state index in [-0.39, 0.29) is 10.6 Å². The second kappa shape index (κ2) is 4.88. The summed E-state index contributed by atoms with van der Waals surface area (Å²) in [5, 5.41) is 14.7. The van der Waals surface area contributed by atoms with Gasteiger partial charge in [-0.25, -0.2) is 9.18 Å². The number of carbonyl (C=O) groups is 2. The van der Waals surface area contributed by atoms with Crippen LogP contribution in [-0.4, -0.2) is 26.6 Å². The van der Waals surface area contributed by atoms with Crippen LogP contribution < -0.4 is 5.32 Å². The van der Waals surface area contributed by atoms with Crippen molar-refractivity contribution >= 4 is 29.1 Å². The van der Waals surface area contributed by atoms with E-state index in [1.165, 1.54) is 18.3 Å². The highest BCUT2D eigenvalue weighted by molar-refractivity contribution is 7.07. The van der Waals surface area contributed by atoms with Crippen LogP contribution in [0.5, 0.6) is 0 Å². The third-order valence-corrected chi connectivity index (χ3v) is 2.72. The molecule has 0 unspecified atom stereocenters. The lowest BCUT2D eigenvalue weighted by Gasteiger charge is -2.07. The van der Waals surface area contributed by atoms with Crippen molar-refractivity contribution in [1.82, 2.24) is 9.59 Å². The molecule has 0 aliphatic carbocycles. The molecule has 0 atom stereocenters. The Labute approximate surface area is 104 Å². The molecule has 0 saturated carbocycles. The second-order valence-electron chi connectivity index (χ2n) is 3.20. The normalized spacial score (nSPS) is 10.1. The third kappa shape index (κ3) is 2.33.